The zero-order valence-corrected chi connectivity index (χ0v) is 16.6. The van der Waals surface area contributed by atoms with Crippen LogP contribution in [0.5, 0.6) is 17.2 Å². The van der Waals surface area contributed by atoms with Crippen molar-refractivity contribution < 1.29 is 23.8 Å². The van der Waals surface area contributed by atoms with Gasteiger partial charge < -0.3 is 24.4 Å². The normalized spacial score (nSPS) is 12.4. The number of anilines is 1. The number of hydrogen-bond donors (Lipinski definition) is 2. The molecule has 0 bridgehead atoms. The second-order valence-corrected chi connectivity index (χ2v) is 6.70. The molecule has 2 aromatic carbocycles. The van der Waals surface area contributed by atoms with Crippen molar-refractivity contribution in [3.63, 3.8) is 0 Å². The minimum absolute atomic E-state index is 0.210. The Morgan fingerprint density at radius 1 is 1.07 bits per heavy atom. The highest BCUT2D eigenvalue weighted by Crippen LogP contribution is 2.32. The predicted molar refractivity (Wildman–Crippen MR) is 109 cm³/mol. The van der Waals surface area contributed by atoms with Gasteiger partial charge in [-0.15, -0.1) is 0 Å². The summed E-state index contributed by atoms with van der Waals surface area (Å²) in [6.45, 7) is 2.18. The molecule has 0 saturated carbocycles. The van der Waals surface area contributed by atoms with Crippen molar-refractivity contribution in [1.29, 1.82) is 0 Å². The zero-order chi connectivity index (χ0) is 20.6. The Bertz CT molecular complexity index is 854. The van der Waals surface area contributed by atoms with Crippen LogP contribution in [0.1, 0.15) is 12.0 Å². The predicted octanol–water partition coefficient (Wildman–Crippen LogP) is 2.64. The molecule has 29 heavy (non-hydrogen) atoms. The highest BCUT2D eigenvalue weighted by Gasteiger charge is 2.14. The van der Waals surface area contributed by atoms with Crippen molar-refractivity contribution in [3.05, 3.63) is 48.0 Å². The first-order valence-corrected chi connectivity index (χ1v) is 9.35. The molecule has 3 amide bonds. The fourth-order valence-corrected chi connectivity index (χ4v) is 2.89. The van der Waals surface area contributed by atoms with E-state index in [0.717, 1.165) is 11.3 Å². The van der Waals surface area contributed by atoms with Crippen LogP contribution in [0.15, 0.2) is 42.5 Å². The van der Waals surface area contributed by atoms with E-state index >= 15 is 0 Å². The van der Waals surface area contributed by atoms with E-state index in [1.54, 1.807) is 25.3 Å². The van der Waals surface area contributed by atoms with Gasteiger partial charge in [0.05, 0.1) is 7.11 Å². The Morgan fingerprint density at radius 2 is 1.79 bits per heavy atom. The number of carbonyl (C=O) groups excluding carboxylic acids is 2. The van der Waals surface area contributed by atoms with Crippen LogP contribution in [-0.4, -0.2) is 50.8 Å². The summed E-state index contributed by atoms with van der Waals surface area (Å²) in [7, 11) is 3.55. The molecule has 0 atom stereocenters. The van der Waals surface area contributed by atoms with E-state index in [9.17, 15) is 9.59 Å². The number of hydrogen-bond acceptors (Lipinski definition) is 6. The number of fused-ring (bicyclic) bond motifs is 1. The first kappa shape index (κ1) is 20.5. The average molecular weight is 399 g/mol. The third-order valence-electron chi connectivity index (χ3n) is 4.39. The Labute approximate surface area is 169 Å². The van der Waals surface area contributed by atoms with E-state index < -0.39 is 6.03 Å². The van der Waals surface area contributed by atoms with Crippen LogP contribution in [0.4, 0.5) is 10.5 Å². The first-order chi connectivity index (χ1) is 14.0. The Balaban J connectivity index is 1.40. The third kappa shape index (κ3) is 6.11. The lowest BCUT2D eigenvalue weighted by Gasteiger charge is -2.19. The van der Waals surface area contributed by atoms with Crippen molar-refractivity contribution in [2.45, 2.75) is 13.0 Å². The number of nitrogens with zero attached hydrogens (tertiary/aromatic N) is 1. The monoisotopic (exact) mass is 399 g/mol. The van der Waals surface area contributed by atoms with Gasteiger partial charge in [-0.1, -0.05) is 12.1 Å². The fourth-order valence-electron chi connectivity index (χ4n) is 2.89. The molecule has 0 aliphatic carbocycles. The van der Waals surface area contributed by atoms with E-state index in [1.165, 1.54) is 0 Å². The van der Waals surface area contributed by atoms with Crippen LogP contribution >= 0.6 is 0 Å². The van der Waals surface area contributed by atoms with Crippen LogP contribution in [0.3, 0.4) is 0 Å². The Kier molecular flexibility index (Phi) is 6.91. The van der Waals surface area contributed by atoms with Gasteiger partial charge in [-0.2, -0.15) is 0 Å². The topological polar surface area (TPSA) is 89.1 Å². The minimum Gasteiger partial charge on any atom is -0.497 e. The van der Waals surface area contributed by atoms with Crippen LogP contribution in [0.25, 0.3) is 0 Å². The second kappa shape index (κ2) is 9.79. The molecule has 1 aliphatic heterocycles. The number of carbonyl (C=O) groups is 2. The molecular weight excluding hydrogens is 374 g/mol. The fraction of sp³-hybridized carbons (Fsp3) is 0.333. The maximum atomic E-state index is 12.1. The number of ether oxygens (including phenoxy) is 3. The van der Waals surface area contributed by atoms with Crippen molar-refractivity contribution >= 4 is 17.6 Å². The number of urea groups is 1. The van der Waals surface area contributed by atoms with Gasteiger partial charge in [-0.3, -0.25) is 10.1 Å². The van der Waals surface area contributed by atoms with E-state index in [4.69, 9.17) is 14.2 Å². The number of nitrogens with one attached hydrogen (secondary N) is 2. The highest BCUT2D eigenvalue weighted by atomic mass is 16.6. The summed E-state index contributed by atoms with van der Waals surface area (Å²) < 4.78 is 16.1. The smallest absolute Gasteiger partial charge is 0.325 e. The van der Waals surface area contributed by atoms with Gasteiger partial charge in [0, 0.05) is 31.3 Å². The summed E-state index contributed by atoms with van der Waals surface area (Å²) in [5, 5.41) is 4.97. The van der Waals surface area contributed by atoms with Crippen molar-refractivity contribution in [3.8, 4) is 17.2 Å². The summed E-state index contributed by atoms with van der Waals surface area (Å²) in [6, 6.07) is 12.3. The number of rotatable bonds is 7. The van der Waals surface area contributed by atoms with Gasteiger partial charge in [-0.05, 0) is 36.9 Å². The molecule has 0 spiro atoms. The SMILES string of the molecule is COc1ccc(CN(C)CCC(=O)NC(=O)Nc2ccc3c(c2)OCCO3)cc1. The van der Waals surface area contributed by atoms with Gasteiger partial charge in [0.15, 0.2) is 11.5 Å². The molecule has 0 radical (unpaired) electrons. The Morgan fingerprint density at radius 3 is 2.52 bits per heavy atom. The minimum atomic E-state index is -0.579. The van der Waals surface area contributed by atoms with Crippen molar-refractivity contribution in [2.24, 2.45) is 0 Å². The molecule has 1 heterocycles. The molecule has 2 N–H and O–H groups in total. The van der Waals surface area contributed by atoms with Crippen LogP contribution < -0.4 is 24.8 Å². The molecule has 8 heteroatoms. The van der Waals surface area contributed by atoms with Crippen molar-refractivity contribution in [2.75, 3.05) is 39.2 Å². The van der Waals surface area contributed by atoms with E-state index in [1.807, 2.05) is 36.2 Å². The largest absolute Gasteiger partial charge is 0.497 e. The maximum Gasteiger partial charge on any atom is 0.325 e. The van der Waals surface area contributed by atoms with Gasteiger partial charge in [0.2, 0.25) is 5.91 Å². The van der Waals surface area contributed by atoms with E-state index in [-0.39, 0.29) is 12.3 Å². The number of imide groups is 1. The van der Waals surface area contributed by atoms with Gasteiger partial charge in [-0.25, -0.2) is 4.79 Å². The summed E-state index contributed by atoms with van der Waals surface area (Å²) in [5.41, 5.74) is 1.64. The van der Waals surface area contributed by atoms with Crippen LogP contribution in [0.2, 0.25) is 0 Å². The van der Waals surface area contributed by atoms with E-state index in [0.29, 0.717) is 43.5 Å². The van der Waals surface area contributed by atoms with Crippen molar-refractivity contribution in [1.82, 2.24) is 10.2 Å². The molecule has 8 nitrogen and oxygen atoms in total. The molecule has 0 saturated heterocycles. The van der Waals surface area contributed by atoms with Gasteiger partial charge in [0.1, 0.15) is 19.0 Å². The molecule has 0 fully saturated rings. The summed E-state index contributed by atoms with van der Waals surface area (Å²) in [6.07, 6.45) is 0.210. The second-order valence-electron chi connectivity index (χ2n) is 6.70. The van der Waals surface area contributed by atoms with Gasteiger partial charge in [0.25, 0.3) is 0 Å². The number of amides is 3. The standard InChI is InChI=1S/C21H25N3O5/c1-24(14-15-3-6-17(27-2)7-4-15)10-9-20(25)23-21(26)22-16-5-8-18-19(13-16)29-12-11-28-18/h3-8,13H,9-12,14H2,1-2H3,(H2,22,23,25,26). The molecule has 2 aromatic rings. The third-order valence-corrected chi connectivity index (χ3v) is 4.39. The lowest BCUT2D eigenvalue weighted by atomic mass is 10.2. The van der Waals surface area contributed by atoms with Crippen LogP contribution in [-0.2, 0) is 11.3 Å². The number of benzene rings is 2. The zero-order valence-electron chi connectivity index (χ0n) is 16.6. The molecule has 1 aliphatic rings. The van der Waals surface area contributed by atoms with Crippen LogP contribution in [0, 0.1) is 0 Å². The molecule has 0 unspecified atom stereocenters. The van der Waals surface area contributed by atoms with Gasteiger partial charge >= 0.3 is 6.03 Å². The summed E-state index contributed by atoms with van der Waals surface area (Å²) in [5.74, 6) is 1.67. The lowest BCUT2D eigenvalue weighted by Crippen LogP contribution is -2.36. The first-order valence-electron chi connectivity index (χ1n) is 9.35. The molecule has 154 valence electrons. The Hall–Kier alpha value is -3.26. The summed E-state index contributed by atoms with van der Waals surface area (Å²) >= 11 is 0. The number of methoxy groups -OCH3 is 1. The quantitative estimate of drug-likeness (QED) is 0.744. The summed E-state index contributed by atoms with van der Waals surface area (Å²) in [4.78, 5) is 26.1. The molecule has 0 aromatic heterocycles. The highest BCUT2D eigenvalue weighted by molar-refractivity contribution is 6.01. The molecular formula is C21H25N3O5. The molecule has 3 rings (SSSR count). The average Bonchev–Trinajstić information content (AvgIpc) is 2.72. The lowest BCUT2D eigenvalue weighted by molar-refractivity contribution is -0.120. The van der Waals surface area contributed by atoms with E-state index in [2.05, 4.69) is 10.6 Å². The maximum absolute atomic E-state index is 12.1.